The van der Waals surface area contributed by atoms with Crippen molar-refractivity contribution in [1.29, 1.82) is 0 Å². The van der Waals surface area contributed by atoms with E-state index in [0.29, 0.717) is 0 Å². The monoisotopic (exact) mass is 250 g/mol. The maximum Gasteiger partial charge on any atom is 0.407 e. The lowest BCUT2D eigenvalue weighted by Gasteiger charge is -2.22. The molecule has 16 heavy (non-hydrogen) atoms. The Bertz CT molecular complexity index is 321. The van der Waals surface area contributed by atoms with Crippen molar-refractivity contribution in [3.63, 3.8) is 0 Å². The fourth-order valence-electron chi connectivity index (χ4n) is 1.69. The molecule has 0 radical (unpaired) electrons. The van der Waals surface area contributed by atoms with Crippen LogP contribution in [0, 0.1) is 0 Å². The Morgan fingerprint density at radius 1 is 1.31 bits per heavy atom. The van der Waals surface area contributed by atoms with Crippen molar-refractivity contribution in [3.8, 4) is 0 Å². The van der Waals surface area contributed by atoms with Gasteiger partial charge in [0.2, 0.25) is 0 Å². The molecule has 0 saturated heterocycles. The van der Waals surface area contributed by atoms with Crippen molar-refractivity contribution in [3.05, 3.63) is 0 Å². The highest BCUT2D eigenvalue weighted by Crippen LogP contribution is 2.17. The Hall–Kier alpha value is -0.820. The smallest absolute Gasteiger partial charge is 0.407 e. The molecule has 1 aliphatic rings. The van der Waals surface area contributed by atoms with Crippen LogP contribution >= 0.6 is 0 Å². The minimum Gasteiger partial charge on any atom is -0.748 e. The molecule has 0 aromatic rings. The van der Waals surface area contributed by atoms with Gasteiger partial charge in [-0.1, -0.05) is 19.3 Å². The van der Waals surface area contributed by atoms with Gasteiger partial charge in [0.05, 0.1) is 15.9 Å². The highest BCUT2D eigenvalue weighted by molar-refractivity contribution is 7.85. The van der Waals surface area contributed by atoms with Gasteiger partial charge < -0.3 is 14.6 Å². The van der Waals surface area contributed by atoms with Crippen molar-refractivity contribution < 1.29 is 22.5 Å². The van der Waals surface area contributed by atoms with Crippen molar-refractivity contribution in [2.75, 3.05) is 12.4 Å². The summed E-state index contributed by atoms with van der Waals surface area (Å²) in [6.07, 6.45) is 4.56. The second-order valence-corrected chi connectivity index (χ2v) is 5.40. The predicted octanol–water partition coefficient (Wildman–Crippen LogP) is 0.591. The number of amides is 1. The molecule has 0 atom stereocenters. The van der Waals surface area contributed by atoms with Crippen LogP contribution in [-0.2, 0) is 14.9 Å². The molecule has 1 fully saturated rings. The Balaban J connectivity index is 2.15. The van der Waals surface area contributed by atoms with E-state index in [4.69, 9.17) is 0 Å². The number of carbonyl (C=O) groups excluding carboxylic acids is 1. The van der Waals surface area contributed by atoms with Crippen LogP contribution in [0.25, 0.3) is 0 Å². The largest absolute Gasteiger partial charge is 0.748 e. The summed E-state index contributed by atoms with van der Waals surface area (Å²) in [5.74, 6) is -0.676. The average molecular weight is 250 g/mol. The Kier molecular flexibility index (Phi) is 5.01. The molecule has 0 spiro atoms. The Labute approximate surface area is 95.1 Å². The molecule has 0 aliphatic heterocycles. The number of carbonyl (C=O) groups is 1. The molecule has 1 saturated carbocycles. The molecule has 1 amide bonds. The van der Waals surface area contributed by atoms with Gasteiger partial charge in [-0.15, -0.1) is 0 Å². The van der Waals surface area contributed by atoms with Gasteiger partial charge in [0, 0.05) is 6.04 Å². The third kappa shape index (κ3) is 5.92. The summed E-state index contributed by atoms with van der Waals surface area (Å²) in [7, 11) is -4.31. The quantitative estimate of drug-likeness (QED) is 0.737. The normalized spacial score (nSPS) is 18.1. The zero-order chi connectivity index (χ0) is 12.0. The summed E-state index contributed by atoms with van der Waals surface area (Å²) in [5, 5.41) is 2.65. The summed E-state index contributed by atoms with van der Waals surface area (Å²) in [4.78, 5) is 11.2. The van der Waals surface area contributed by atoms with Gasteiger partial charge >= 0.3 is 6.09 Å². The second-order valence-electron chi connectivity index (χ2n) is 3.88. The molecular weight excluding hydrogens is 234 g/mol. The Morgan fingerprint density at radius 2 is 1.94 bits per heavy atom. The second kappa shape index (κ2) is 6.05. The first-order chi connectivity index (χ1) is 7.47. The molecule has 0 heterocycles. The number of alkyl carbamates (subject to hydrolysis) is 1. The van der Waals surface area contributed by atoms with Gasteiger partial charge in [0.1, 0.15) is 6.61 Å². The van der Waals surface area contributed by atoms with Crippen LogP contribution in [0.3, 0.4) is 0 Å². The van der Waals surface area contributed by atoms with Crippen molar-refractivity contribution in [2.45, 2.75) is 38.1 Å². The zero-order valence-corrected chi connectivity index (χ0v) is 9.79. The van der Waals surface area contributed by atoms with E-state index in [2.05, 4.69) is 10.1 Å². The molecule has 0 bridgehead atoms. The molecule has 7 heteroatoms. The van der Waals surface area contributed by atoms with Gasteiger partial charge in [-0.25, -0.2) is 13.2 Å². The van der Waals surface area contributed by atoms with Crippen LogP contribution < -0.4 is 5.32 Å². The highest BCUT2D eigenvalue weighted by atomic mass is 32.2. The third-order valence-corrected chi connectivity index (χ3v) is 3.16. The minimum absolute atomic E-state index is 0.116. The SMILES string of the molecule is O=C(NC1CCCCC1)OCCS(=O)(=O)[O-]. The standard InChI is InChI=1S/C9H17NO5S/c11-9(15-6-7-16(12,13)14)10-8-4-2-1-3-5-8/h8H,1-7H2,(H,10,11)(H,12,13,14)/p-1. The number of hydrogen-bond acceptors (Lipinski definition) is 5. The molecule has 1 rings (SSSR count). The van der Waals surface area contributed by atoms with E-state index in [0.717, 1.165) is 25.7 Å². The van der Waals surface area contributed by atoms with Gasteiger partial charge in [-0.05, 0) is 12.8 Å². The maximum atomic E-state index is 11.2. The molecule has 0 aromatic heterocycles. The molecule has 6 nitrogen and oxygen atoms in total. The predicted molar refractivity (Wildman–Crippen MR) is 55.9 cm³/mol. The lowest BCUT2D eigenvalue weighted by Crippen LogP contribution is -2.37. The van der Waals surface area contributed by atoms with Crippen molar-refractivity contribution >= 4 is 16.2 Å². The molecule has 0 unspecified atom stereocenters. The van der Waals surface area contributed by atoms with Gasteiger partial charge in [0.25, 0.3) is 0 Å². The van der Waals surface area contributed by atoms with E-state index in [1.165, 1.54) is 6.42 Å². The van der Waals surface area contributed by atoms with Crippen LogP contribution in [0.1, 0.15) is 32.1 Å². The van der Waals surface area contributed by atoms with E-state index in [1.54, 1.807) is 0 Å². The average Bonchev–Trinajstić information content (AvgIpc) is 2.17. The van der Waals surface area contributed by atoms with Crippen LogP contribution in [-0.4, -0.2) is 37.5 Å². The summed E-state index contributed by atoms with van der Waals surface area (Å²) < 4.78 is 35.3. The van der Waals surface area contributed by atoms with Gasteiger partial charge in [0.15, 0.2) is 0 Å². The van der Waals surface area contributed by atoms with E-state index in [9.17, 15) is 17.8 Å². The molecular formula is C9H16NO5S-. The van der Waals surface area contributed by atoms with Gasteiger partial charge in [-0.2, -0.15) is 0 Å². The Morgan fingerprint density at radius 3 is 2.50 bits per heavy atom. The number of ether oxygens (including phenoxy) is 1. The van der Waals surface area contributed by atoms with Crippen LogP contribution in [0.5, 0.6) is 0 Å². The first-order valence-corrected chi connectivity index (χ1v) is 6.92. The van der Waals surface area contributed by atoms with E-state index in [-0.39, 0.29) is 12.6 Å². The van der Waals surface area contributed by atoms with E-state index < -0.39 is 22.0 Å². The van der Waals surface area contributed by atoms with Crippen LogP contribution in [0.2, 0.25) is 0 Å². The highest BCUT2D eigenvalue weighted by Gasteiger charge is 2.16. The summed E-state index contributed by atoms with van der Waals surface area (Å²) in [5.41, 5.74) is 0. The van der Waals surface area contributed by atoms with Gasteiger partial charge in [-0.3, -0.25) is 0 Å². The van der Waals surface area contributed by atoms with Crippen LogP contribution in [0.4, 0.5) is 4.79 Å². The van der Waals surface area contributed by atoms with Crippen LogP contribution in [0.15, 0.2) is 0 Å². The maximum absolute atomic E-state index is 11.2. The number of nitrogens with one attached hydrogen (secondary N) is 1. The summed E-state index contributed by atoms with van der Waals surface area (Å²) in [6, 6.07) is 0.116. The van der Waals surface area contributed by atoms with Crippen molar-refractivity contribution in [2.24, 2.45) is 0 Å². The molecule has 1 N–H and O–H groups in total. The summed E-state index contributed by atoms with van der Waals surface area (Å²) in [6.45, 7) is -0.385. The fourth-order valence-corrected chi connectivity index (χ4v) is 1.98. The van der Waals surface area contributed by atoms with E-state index >= 15 is 0 Å². The lowest BCUT2D eigenvalue weighted by molar-refractivity contribution is 0.145. The minimum atomic E-state index is -4.31. The fraction of sp³-hybridized carbons (Fsp3) is 0.889. The first-order valence-electron chi connectivity index (χ1n) is 5.34. The number of rotatable bonds is 4. The lowest BCUT2D eigenvalue weighted by atomic mass is 9.96. The molecule has 1 aliphatic carbocycles. The first kappa shape index (κ1) is 13.2. The third-order valence-electron chi connectivity index (χ3n) is 2.49. The van der Waals surface area contributed by atoms with E-state index in [1.807, 2.05) is 0 Å². The summed E-state index contributed by atoms with van der Waals surface area (Å²) >= 11 is 0. The topological polar surface area (TPSA) is 95.5 Å². The van der Waals surface area contributed by atoms with Crippen molar-refractivity contribution in [1.82, 2.24) is 5.32 Å². The molecule has 94 valence electrons. The molecule has 0 aromatic carbocycles. The number of hydrogen-bond donors (Lipinski definition) is 1. The zero-order valence-electron chi connectivity index (χ0n) is 8.98.